The molecule has 0 saturated heterocycles. The van der Waals surface area contributed by atoms with E-state index in [0.29, 0.717) is 0 Å². The van der Waals surface area contributed by atoms with Crippen molar-refractivity contribution in [1.82, 2.24) is 14.1 Å². The first-order chi connectivity index (χ1) is 24.8. The Bertz CT molecular complexity index is 2840. The van der Waals surface area contributed by atoms with Gasteiger partial charge in [0.2, 0.25) is 0 Å². The lowest BCUT2D eigenvalue weighted by Gasteiger charge is -2.11. The summed E-state index contributed by atoms with van der Waals surface area (Å²) in [5.41, 5.74) is 14.2. The molecule has 0 amide bonds. The lowest BCUT2D eigenvalue weighted by atomic mass is 10.0. The molecule has 0 spiro atoms. The zero-order chi connectivity index (χ0) is 33.0. The van der Waals surface area contributed by atoms with E-state index in [4.69, 9.17) is 0 Å². The molecule has 50 heavy (non-hydrogen) atoms. The summed E-state index contributed by atoms with van der Waals surface area (Å²) < 4.78 is 4.73. The van der Waals surface area contributed by atoms with Crippen LogP contribution >= 0.6 is 0 Å². The third kappa shape index (κ3) is 4.56. The lowest BCUT2D eigenvalue weighted by Crippen LogP contribution is -1.94. The molecule has 0 aliphatic carbocycles. The molecule has 10 rings (SSSR count). The Morgan fingerprint density at radius 2 is 0.800 bits per heavy atom. The molecule has 234 valence electrons. The molecule has 3 aromatic heterocycles. The Hall–Kier alpha value is -6.71. The fourth-order valence-corrected chi connectivity index (χ4v) is 7.65. The molecule has 0 saturated carbocycles. The number of fused-ring (bicyclic) bond motifs is 6. The van der Waals surface area contributed by atoms with E-state index in [9.17, 15) is 0 Å². The van der Waals surface area contributed by atoms with Crippen LogP contribution in [0.2, 0.25) is 0 Å². The van der Waals surface area contributed by atoms with Crippen molar-refractivity contribution in [3.8, 4) is 44.8 Å². The highest BCUT2D eigenvalue weighted by Crippen LogP contribution is 2.38. The Morgan fingerprint density at radius 3 is 1.50 bits per heavy atom. The third-order valence-corrected chi connectivity index (χ3v) is 10.0. The molecule has 3 heteroatoms. The quantitative estimate of drug-likeness (QED) is 0.184. The second-order valence-electron chi connectivity index (χ2n) is 12.9. The topological polar surface area (TPSA) is 22.8 Å². The molecule has 0 atom stereocenters. The summed E-state index contributed by atoms with van der Waals surface area (Å²) >= 11 is 0. The van der Waals surface area contributed by atoms with E-state index in [1.54, 1.807) is 0 Å². The maximum Gasteiger partial charge on any atom is 0.0724 e. The van der Waals surface area contributed by atoms with Crippen LogP contribution in [0.1, 0.15) is 0 Å². The second-order valence-corrected chi connectivity index (χ2v) is 12.9. The van der Waals surface area contributed by atoms with E-state index < -0.39 is 0 Å². The van der Waals surface area contributed by atoms with Crippen molar-refractivity contribution in [2.24, 2.45) is 0 Å². The molecule has 3 heterocycles. The molecule has 10 aromatic rings. The normalized spacial score (nSPS) is 11.6. The van der Waals surface area contributed by atoms with Crippen molar-refractivity contribution in [1.29, 1.82) is 0 Å². The number of hydrogen-bond donors (Lipinski definition) is 0. The zero-order valence-corrected chi connectivity index (χ0v) is 27.2. The number of aromatic nitrogens is 3. The molecule has 0 bridgehead atoms. The largest absolute Gasteiger partial charge is 0.309 e. The van der Waals surface area contributed by atoms with Gasteiger partial charge in [-0.2, -0.15) is 0 Å². The first kappa shape index (κ1) is 28.3. The predicted octanol–water partition coefficient (Wildman–Crippen LogP) is 12.3. The summed E-state index contributed by atoms with van der Waals surface area (Å²) in [6.45, 7) is 0. The summed E-state index contributed by atoms with van der Waals surface area (Å²) in [7, 11) is 0. The van der Waals surface area contributed by atoms with Gasteiger partial charge < -0.3 is 9.13 Å². The molecule has 0 unspecified atom stereocenters. The minimum atomic E-state index is 1.10. The van der Waals surface area contributed by atoms with Crippen LogP contribution < -0.4 is 0 Å². The molecule has 0 aliphatic rings. The number of benzene rings is 7. The van der Waals surface area contributed by atoms with E-state index in [-0.39, 0.29) is 0 Å². The van der Waals surface area contributed by atoms with Gasteiger partial charge in [-0.05, 0) is 94.0 Å². The van der Waals surface area contributed by atoms with Crippen molar-refractivity contribution in [3.63, 3.8) is 0 Å². The first-order valence-corrected chi connectivity index (χ1v) is 17.0. The molecule has 3 nitrogen and oxygen atoms in total. The maximum atomic E-state index is 4.53. The van der Waals surface area contributed by atoms with E-state index >= 15 is 0 Å². The zero-order valence-electron chi connectivity index (χ0n) is 27.2. The fourth-order valence-electron chi connectivity index (χ4n) is 7.65. The average Bonchev–Trinajstić information content (AvgIpc) is 3.71. The van der Waals surface area contributed by atoms with Crippen LogP contribution in [0.25, 0.3) is 88.4 Å². The minimum Gasteiger partial charge on any atom is -0.309 e. The smallest absolute Gasteiger partial charge is 0.0724 e. The standard InChI is InChI=1S/C47H31N3/c1-3-10-32(11-4-1)34-18-22-38(23-19-34)49-45-24-20-37(30-43(45)41-26-27-48-31-47(41)49)36-21-25-46-42(29-36)40-16-7-8-17-44(40)50(46)39-15-9-14-35(28-39)33-12-5-2-6-13-33/h1-31H. The fraction of sp³-hybridized carbons (Fsp3) is 0. The Kier molecular flexibility index (Phi) is 6.49. The first-order valence-electron chi connectivity index (χ1n) is 17.0. The number of rotatable bonds is 5. The van der Waals surface area contributed by atoms with Crippen molar-refractivity contribution < 1.29 is 0 Å². The SMILES string of the molecule is c1ccc(-c2ccc(-n3c4ccc(-c5ccc6c(c5)c5ccccc5n6-c5cccc(-c6ccccc6)c5)cc4c4ccncc43)cc2)cc1. The minimum absolute atomic E-state index is 1.10. The van der Waals surface area contributed by atoms with E-state index in [1.807, 2.05) is 12.4 Å². The number of hydrogen-bond acceptors (Lipinski definition) is 1. The van der Waals surface area contributed by atoms with Gasteiger partial charge in [-0.3, -0.25) is 4.98 Å². The van der Waals surface area contributed by atoms with Crippen LogP contribution in [-0.2, 0) is 0 Å². The summed E-state index contributed by atoms with van der Waals surface area (Å²) in [5.74, 6) is 0. The molecule has 0 aliphatic heterocycles. The van der Waals surface area contributed by atoms with Crippen LogP contribution in [0.5, 0.6) is 0 Å². The Labute approximate surface area is 290 Å². The van der Waals surface area contributed by atoms with Crippen LogP contribution in [0.15, 0.2) is 188 Å². The van der Waals surface area contributed by atoms with E-state index in [1.165, 1.54) is 71.5 Å². The van der Waals surface area contributed by atoms with E-state index in [2.05, 4.69) is 190 Å². The van der Waals surface area contributed by atoms with Gasteiger partial charge in [0.05, 0.1) is 28.3 Å². The highest BCUT2D eigenvalue weighted by atomic mass is 15.0. The van der Waals surface area contributed by atoms with Gasteiger partial charge in [-0.25, -0.2) is 0 Å². The van der Waals surface area contributed by atoms with Gasteiger partial charge in [0, 0.05) is 39.1 Å². The van der Waals surface area contributed by atoms with Gasteiger partial charge in [0.1, 0.15) is 0 Å². The Morgan fingerprint density at radius 1 is 0.300 bits per heavy atom. The predicted molar refractivity (Wildman–Crippen MR) is 209 cm³/mol. The van der Waals surface area contributed by atoms with E-state index in [0.717, 1.165) is 16.9 Å². The van der Waals surface area contributed by atoms with Crippen molar-refractivity contribution in [2.45, 2.75) is 0 Å². The van der Waals surface area contributed by atoms with Gasteiger partial charge in [-0.15, -0.1) is 0 Å². The third-order valence-electron chi connectivity index (χ3n) is 10.0. The van der Waals surface area contributed by atoms with Crippen LogP contribution in [0.3, 0.4) is 0 Å². The molecule has 0 fully saturated rings. The number of para-hydroxylation sites is 1. The van der Waals surface area contributed by atoms with Gasteiger partial charge in [0.15, 0.2) is 0 Å². The highest BCUT2D eigenvalue weighted by molar-refractivity contribution is 6.12. The number of nitrogens with zero attached hydrogens (tertiary/aromatic N) is 3. The summed E-state index contributed by atoms with van der Waals surface area (Å²) in [4.78, 5) is 4.53. The van der Waals surface area contributed by atoms with Crippen molar-refractivity contribution >= 4 is 43.6 Å². The molecular weight excluding hydrogens is 607 g/mol. The number of pyridine rings is 1. The average molecular weight is 638 g/mol. The van der Waals surface area contributed by atoms with Crippen LogP contribution in [0.4, 0.5) is 0 Å². The second kappa shape index (κ2) is 11.5. The van der Waals surface area contributed by atoms with Crippen LogP contribution in [0, 0.1) is 0 Å². The molecule has 0 radical (unpaired) electrons. The summed E-state index contributed by atoms with van der Waals surface area (Å²) in [5, 5.41) is 4.90. The van der Waals surface area contributed by atoms with Gasteiger partial charge in [-0.1, -0.05) is 115 Å². The molecule has 0 N–H and O–H groups in total. The lowest BCUT2D eigenvalue weighted by molar-refractivity contribution is 1.17. The van der Waals surface area contributed by atoms with Crippen molar-refractivity contribution in [3.05, 3.63) is 188 Å². The van der Waals surface area contributed by atoms with Crippen molar-refractivity contribution in [2.75, 3.05) is 0 Å². The van der Waals surface area contributed by atoms with Crippen LogP contribution in [-0.4, -0.2) is 14.1 Å². The Balaban J connectivity index is 1.10. The monoisotopic (exact) mass is 637 g/mol. The van der Waals surface area contributed by atoms with Gasteiger partial charge >= 0.3 is 0 Å². The molecule has 7 aromatic carbocycles. The molecular formula is C47H31N3. The summed E-state index contributed by atoms with van der Waals surface area (Å²) in [6, 6.07) is 63.5. The van der Waals surface area contributed by atoms with Gasteiger partial charge in [0.25, 0.3) is 0 Å². The highest BCUT2D eigenvalue weighted by Gasteiger charge is 2.16. The maximum absolute atomic E-state index is 4.53. The summed E-state index contributed by atoms with van der Waals surface area (Å²) in [6.07, 6.45) is 3.87.